The van der Waals surface area contributed by atoms with Crippen molar-refractivity contribution in [2.24, 2.45) is 0 Å². The summed E-state index contributed by atoms with van der Waals surface area (Å²) in [7, 11) is 0. The molecule has 0 aromatic heterocycles. The minimum absolute atomic E-state index is 0.104. The average molecular weight is 276 g/mol. The number of benzene rings is 1. The fraction of sp³-hybridized carbons (Fsp3) is 0.538. The molecule has 0 saturated heterocycles. The maximum atomic E-state index is 6.20. The first-order chi connectivity index (χ1) is 8.04. The molecule has 0 amide bonds. The summed E-state index contributed by atoms with van der Waals surface area (Å²) in [5.41, 5.74) is 1.03. The van der Waals surface area contributed by atoms with E-state index in [1.807, 2.05) is 26.0 Å². The van der Waals surface area contributed by atoms with Crippen molar-refractivity contribution in [1.29, 1.82) is 0 Å². The molecule has 0 heterocycles. The third-order valence-electron chi connectivity index (χ3n) is 2.38. The molecule has 1 N–H and O–H groups in total. The van der Waals surface area contributed by atoms with Crippen LogP contribution in [0.5, 0.6) is 0 Å². The molecule has 1 atom stereocenters. The monoisotopic (exact) mass is 275 g/mol. The average Bonchev–Trinajstić information content (AvgIpc) is 2.24. The molecule has 0 aliphatic carbocycles. The van der Waals surface area contributed by atoms with Gasteiger partial charge >= 0.3 is 0 Å². The molecule has 0 spiro atoms. The summed E-state index contributed by atoms with van der Waals surface area (Å²) in [6.45, 7) is 7.57. The summed E-state index contributed by atoms with van der Waals surface area (Å²) in [6, 6.07) is 5.66. The summed E-state index contributed by atoms with van der Waals surface area (Å²) < 4.78 is 5.64. The smallest absolute Gasteiger partial charge is 0.0665 e. The normalized spacial score (nSPS) is 13.1. The Morgan fingerprint density at radius 3 is 2.53 bits per heavy atom. The molecule has 4 heteroatoms. The van der Waals surface area contributed by atoms with Gasteiger partial charge < -0.3 is 10.1 Å². The van der Waals surface area contributed by atoms with Crippen molar-refractivity contribution in [2.45, 2.75) is 32.9 Å². The van der Waals surface area contributed by atoms with Crippen LogP contribution in [0.15, 0.2) is 18.2 Å². The number of ether oxygens (including phenoxy) is 1. The second-order valence-corrected chi connectivity index (χ2v) is 5.00. The zero-order valence-electron chi connectivity index (χ0n) is 10.5. The lowest BCUT2D eigenvalue weighted by Gasteiger charge is -2.21. The van der Waals surface area contributed by atoms with Crippen LogP contribution in [0, 0.1) is 0 Å². The van der Waals surface area contributed by atoms with Crippen LogP contribution >= 0.6 is 23.2 Å². The first-order valence-electron chi connectivity index (χ1n) is 5.84. The topological polar surface area (TPSA) is 21.3 Å². The fourth-order valence-electron chi connectivity index (χ4n) is 1.58. The third kappa shape index (κ3) is 4.84. The van der Waals surface area contributed by atoms with Gasteiger partial charge in [0, 0.05) is 10.0 Å². The van der Waals surface area contributed by atoms with Crippen LogP contribution in [0.1, 0.15) is 32.4 Å². The second-order valence-electron chi connectivity index (χ2n) is 4.16. The van der Waals surface area contributed by atoms with Crippen molar-refractivity contribution >= 4 is 23.2 Å². The van der Waals surface area contributed by atoms with Crippen LogP contribution in [0.4, 0.5) is 0 Å². The molecule has 96 valence electrons. The van der Waals surface area contributed by atoms with E-state index in [4.69, 9.17) is 27.9 Å². The molecule has 1 aromatic rings. The Hall–Kier alpha value is -0.280. The highest BCUT2D eigenvalue weighted by Crippen LogP contribution is 2.26. The van der Waals surface area contributed by atoms with Gasteiger partial charge in [-0.3, -0.25) is 0 Å². The Kier molecular flexibility index (Phi) is 6.28. The van der Waals surface area contributed by atoms with Gasteiger partial charge in [-0.15, -0.1) is 0 Å². The van der Waals surface area contributed by atoms with Gasteiger partial charge in [-0.2, -0.15) is 0 Å². The first kappa shape index (κ1) is 14.8. The second kappa shape index (κ2) is 7.22. The summed E-state index contributed by atoms with van der Waals surface area (Å²) in [4.78, 5) is 0. The molecule has 0 bridgehead atoms. The van der Waals surface area contributed by atoms with Crippen LogP contribution in [-0.2, 0) is 4.74 Å². The highest BCUT2D eigenvalue weighted by Gasteiger charge is 2.14. The van der Waals surface area contributed by atoms with E-state index >= 15 is 0 Å². The molecule has 0 aliphatic heterocycles. The van der Waals surface area contributed by atoms with E-state index in [1.54, 1.807) is 6.07 Å². The number of hydrogen-bond acceptors (Lipinski definition) is 2. The first-order valence-corrected chi connectivity index (χ1v) is 6.60. The lowest BCUT2D eigenvalue weighted by Crippen LogP contribution is -2.26. The Morgan fingerprint density at radius 1 is 1.29 bits per heavy atom. The molecule has 1 aromatic carbocycles. The Balaban J connectivity index is 2.81. The van der Waals surface area contributed by atoms with Gasteiger partial charge in [-0.05, 0) is 38.1 Å². The van der Waals surface area contributed by atoms with Crippen LogP contribution in [0.25, 0.3) is 0 Å². The summed E-state index contributed by atoms with van der Waals surface area (Å²) >= 11 is 12.1. The van der Waals surface area contributed by atoms with Crippen molar-refractivity contribution in [3.8, 4) is 0 Å². The zero-order valence-corrected chi connectivity index (χ0v) is 12.0. The van der Waals surface area contributed by atoms with E-state index < -0.39 is 0 Å². The summed E-state index contributed by atoms with van der Waals surface area (Å²) in [6.07, 6.45) is 0.210. The fourth-order valence-corrected chi connectivity index (χ4v) is 2.12. The number of rotatable bonds is 6. The highest BCUT2D eigenvalue weighted by atomic mass is 35.5. The van der Waals surface area contributed by atoms with E-state index in [1.165, 1.54) is 0 Å². The van der Waals surface area contributed by atoms with E-state index in [9.17, 15) is 0 Å². The summed E-state index contributed by atoms with van der Waals surface area (Å²) in [5, 5.41) is 4.69. The Labute approximate surface area is 113 Å². The van der Waals surface area contributed by atoms with Gasteiger partial charge in [0.15, 0.2) is 0 Å². The van der Waals surface area contributed by atoms with Gasteiger partial charge in [0.05, 0.1) is 18.8 Å². The largest absolute Gasteiger partial charge is 0.377 e. The molecule has 0 aliphatic rings. The van der Waals surface area contributed by atoms with Gasteiger partial charge in [0.2, 0.25) is 0 Å². The van der Waals surface area contributed by atoms with Crippen molar-refractivity contribution in [3.05, 3.63) is 33.8 Å². The predicted molar refractivity (Wildman–Crippen MR) is 74.0 cm³/mol. The van der Waals surface area contributed by atoms with Crippen molar-refractivity contribution in [2.75, 3.05) is 13.2 Å². The molecule has 1 unspecified atom stereocenters. The predicted octanol–water partition coefficient (Wildman–Crippen LogP) is 4.07. The Morgan fingerprint density at radius 2 is 2.00 bits per heavy atom. The highest BCUT2D eigenvalue weighted by molar-refractivity contribution is 6.35. The van der Waals surface area contributed by atoms with E-state index in [0.29, 0.717) is 16.7 Å². The SMILES string of the molecule is CCNC(COC(C)C)c1ccc(Cl)cc1Cl. The lowest BCUT2D eigenvalue weighted by atomic mass is 10.1. The molecular formula is C13H19Cl2NO. The van der Waals surface area contributed by atoms with Crippen molar-refractivity contribution < 1.29 is 4.74 Å². The number of halogens is 2. The maximum Gasteiger partial charge on any atom is 0.0665 e. The van der Waals surface area contributed by atoms with E-state index in [-0.39, 0.29) is 12.1 Å². The lowest BCUT2D eigenvalue weighted by molar-refractivity contribution is 0.0614. The van der Waals surface area contributed by atoms with Crippen LogP contribution in [-0.4, -0.2) is 19.3 Å². The quantitative estimate of drug-likeness (QED) is 0.845. The van der Waals surface area contributed by atoms with E-state index in [2.05, 4.69) is 12.2 Å². The number of hydrogen-bond donors (Lipinski definition) is 1. The molecular weight excluding hydrogens is 257 g/mol. The molecule has 0 radical (unpaired) electrons. The number of nitrogens with one attached hydrogen (secondary N) is 1. The van der Waals surface area contributed by atoms with Crippen LogP contribution in [0.3, 0.4) is 0 Å². The molecule has 0 fully saturated rings. The maximum absolute atomic E-state index is 6.20. The van der Waals surface area contributed by atoms with Crippen LogP contribution < -0.4 is 5.32 Å². The van der Waals surface area contributed by atoms with Gasteiger partial charge in [-0.25, -0.2) is 0 Å². The standard InChI is InChI=1S/C13H19Cl2NO/c1-4-16-13(8-17-9(2)3)11-6-5-10(14)7-12(11)15/h5-7,9,13,16H,4,8H2,1-3H3. The molecule has 0 saturated carbocycles. The number of likely N-dealkylation sites (N-methyl/N-ethyl adjacent to an activating group) is 1. The van der Waals surface area contributed by atoms with Crippen molar-refractivity contribution in [3.63, 3.8) is 0 Å². The molecule has 2 nitrogen and oxygen atoms in total. The van der Waals surface area contributed by atoms with Gasteiger partial charge in [-0.1, -0.05) is 36.2 Å². The molecule has 1 rings (SSSR count). The summed E-state index contributed by atoms with van der Waals surface area (Å²) in [5.74, 6) is 0. The minimum Gasteiger partial charge on any atom is -0.377 e. The van der Waals surface area contributed by atoms with Gasteiger partial charge in [0.1, 0.15) is 0 Å². The van der Waals surface area contributed by atoms with Gasteiger partial charge in [0.25, 0.3) is 0 Å². The van der Waals surface area contributed by atoms with Crippen LogP contribution in [0.2, 0.25) is 10.0 Å². The Bertz CT molecular complexity index is 355. The van der Waals surface area contributed by atoms with Crippen molar-refractivity contribution in [1.82, 2.24) is 5.32 Å². The zero-order chi connectivity index (χ0) is 12.8. The molecule has 17 heavy (non-hydrogen) atoms. The van der Waals surface area contributed by atoms with E-state index in [0.717, 1.165) is 12.1 Å². The third-order valence-corrected chi connectivity index (χ3v) is 2.95. The minimum atomic E-state index is 0.104.